The fourth-order valence-electron chi connectivity index (χ4n) is 1.88. The van der Waals surface area contributed by atoms with Crippen LogP contribution in [0.5, 0.6) is 0 Å². The highest BCUT2D eigenvalue weighted by molar-refractivity contribution is 5.93. The average Bonchev–Trinajstić information content (AvgIpc) is 2.39. The summed E-state index contributed by atoms with van der Waals surface area (Å²) >= 11 is 0. The van der Waals surface area contributed by atoms with Gasteiger partial charge in [-0.25, -0.2) is 4.79 Å². The Labute approximate surface area is 99.2 Å². The van der Waals surface area contributed by atoms with Crippen LogP contribution in [0.3, 0.4) is 0 Å². The van der Waals surface area contributed by atoms with Gasteiger partial charge in [-0.3, -0.25) is 0 Å². The van der Waals surface area contributed by atoms with E-state index in [0.717, 1.165) is 6.42 Å². The Morgan fingerprint density at radius 2 is 2.53 bits per heavy atom. The molecule has 1 aliphatic rings. The molecule has 0 spiro atoms. The number of rotatable bonds is 3. The van der Waals surface area contributed by atoms with Gasteiger partial charge in [-0.05, 0) is 12.5 Å². The maximum Gasteiger partial charge on any atom is 0.339 e. The normalized spacial score (nSPS) is 20.3. The molecule has 0 aromatic carbocycles. The molecule has 2 rings (SSSR count). The highest BCUT2D eigenvalue weighted by Crippen LogP contribution is 2.19. The van der Waals surface area contributed by atoms with E-state index < -0.39 is 5.97 Å². The van der Waals surface area contributed by atoms with Crippen LogP contribution in [0.25, 0.3) is 0 Å². The Balaban J connectivity index is 2.24. The van der Waals surface area contributed by atoms with E-state index in [0.29, 0.717) is 25.5 Å². The third kappa shape index (κ3) is 2.52. The van der Waals surface area contributed by atoms with Crippen molar-refractivity contribution in [2.45, 2.75) is 19.4 Å². The molecule has 6 heteroatoms. The molecular formula is C11H15N3O3. The summed E-state index contributed by atoms with van der Waals surface area (Å²) in [6, 6.07) is 1.47. The van der Waals surface area contributed by atoms with Crippen molar-refractivity contribution in [1.29, 1.82) is 0 Å². The smallest absolute Gasteiger partial charge is 0.339 e. The van der Waals surface area contributed by atoms with E-state index in [1.165, 1.54) is 12.3 Å². The molecule has 0 bridgehead atoms. The maximum absolute atomic E-state index is 11.1. The number of anilines is 1. The van der Waals surface area contributed by atoms with Crippen LogP contribution >= 0.6 is 0 Å². The lowest BCUT2D eigenvalue weighted by Crippen LogP contribution is -2.43. The number of hydrogen-bond donors (Lipinski definition) is 1. The Kier molecular flexibility index (Phi) is 3.53. The van der Waals surface area contributed by atoms with Gasteiger partial charge in [0, 0.05) is 13.1 Å². The van der Waals surface area contributed by atoms with Crippen molar-refractivity contribution in [1.82, 2.24) is 10.2 Å². The number of aromatic carboxylic acids is 1. The van der Waals surface area contributed by atoms with Gasteiger partial charge in [-0.15, -0.1) is 5.10 Å². The number of morpholine rings is 1. The predicted octanol–water partition coefficient (Wildman–Crippen LogP) is 0.790. The van der Waals surface area contributed by atoms with Gasteiger partial charge in [0.1, 0.15) is 5.56 Å². The summed E-state index contributed by atoms with van der Waals surface area (Å²) < 4.78 is 5.54. The van der Waals surface area contributed by atoms with Gasteiger partial charge in [-0.1, -0.05) is 6.92 Å². The van der Waals surface area contributed by atoms with Crippen LogP contribution in [-0.4, -0.2) is 47.1 Å². The molecule has 1 fully saturated rings. The van der Waals surface area contributed by atoms with Gasteiger partial charge in [0.2, 0.25) is 0 Å². The lowest BCUT2D eigenvalue weighted by Gasteiger charge is -2.33. The van der Waals surface area contributed by atoms with Gasteiger partial charge in [-0.2, -0.15) is 5.10 Å². The molecule has 1 saturated heterocycles. The zero-order chi connectivity index (χ0) is 12.3. The van der Waals surface area contributed by atoms with E-state index in [4.69, 9.17) is 9.84 Å². The van der Waals surface area contributed by atoms with Crippen molar-refractivity contribution >= 4 is 11.8 Å². The molecule has 0 radical (unpaired) electrons. The summed E-state index contributed by atoms with van der Waals surface area (Å²) in [7, 11) is 0. The highest BCUT2D eigenvalue weighted by atomic mass is 16.5. The molecule has 6 nitrogen and oxygen atoms in total. The van der Waals surface area contributed by atoms with Gasteiger partial charge in [0.25, 0.3) is 0 Å². The standard InChI is InChI=1S/C11H15N3O3/c1-2-8-7-14(5-6-17-8)10-9(11(15)16)3-4-12-13-10/h3-4,8H,2,5-7H2,1H3,(H,15,16). The molecule has 0 saturated carbocycles. The summed E-state index contributed by atoms with van der Waals surface area (Å²) in [5, 5.41) is 16.8. The van der Waals surface area contributed by atoms with Crippen molar-refractivity contribution in [2.75, 3.05) is 24.6 Å². The van der Waals surface area contributed by atoms with Crippen LogP contribution in [0.2, 0.25) is 0 Å². The molecule has 17 heavy (non-hydrogen) atoms. The summed E-state index contributed by atoms with van der Waals surface area (Å²) in [4.78, 5) is 13.0. The molecule has 1 unspecified atom stereocenters. The number of carboxylic acids is 1. The van der Waals surface area contributed by atoms with Gasteiger partial charge >= 0.3 is 5.97 Å². The number of carbonyl (C=O) groups is 1. The number of carboxylic acid groups (broad SMARTS) is 1. The summed E-state index contributed by atoms with van der Waals surface area (Å²) in [6.07, 6.45) is 2.43. The Morgan fingerprint density at radius 1 is 1.71 bits per heavy atom. The molecule has 1 aliphatic heterocycles. The Hall–Kier alpha value is -1.69. The molecular weight excluding hydrogens is 222 g/mol. The molecule has 1 N–H and O–H groups in total. The second-order valence-corrected chi connectivity index (χ2v) is 3.92. The van der Waals surface area contributed by atoms with E-state index in [1.807, 2.05) is 11.8 Å². The SMILES string of the molecule is CCC1CN(c2nnccc2C(=O)O)CCO1. The Bertz CT molecular complexity index is 411. The molecule has 1 aromatic rings. The van der Waals surface area contributed by atoms with E-state index in [-0.39, 0.29) is 11.7 Å². The Morgan fingerprint density at radius 3 is 3.24 bits per heavy atom. The molecule has 1 atom stereocenters. The first kappa shape index (κ1) is 11.8. The predicted molar refractivity (Wildman–Crippen MR) is 61.2 cm³/mol. The molecule has 1 aromatic heterocycles. The van der Waals surface area contributed by atoms with Crippen molar-refractivity contribution in [2.24, 2.45) is 0 Å². The van der Waals surface area contributed by atoms with E-state index >= 15 is 0 Å². The van der Waals surface area contributed by atoms with Crippen molar-refractivity contribution in [3.8, 4) is 0 Å². The second-order valence-electron chi connectivity index (χ2n) is 3.92. The number of aromatic nitrogens is 2. The first-order valence-corrected chi connectivity index (χ1v) is 5.64. The molecule has 0 aliphatic carbocycles. The van der Waals surface area contributed by atoms with E-state index in [9.17, 15) is 4.79 Å². The summed E-state index contributed by atoms with van der Waals surface area (Å²) in [5.41, 5.74) is 0.191. The zero-order valence-corrected chi connectivity index (χ0v) is 9.67. The van der Waals surface area contributed by atoms with Crippen LogP contribution in [-0.2, 0) is 4.74 Å². The minimum atomic E-state index is -0.977. The van der Waals surface area contributed by atoms with Crippen LogP contribution in [0.4, 0.5) is 5.82 Å². The van der Waals surface area contributed by atoms with Crippen molar-refractivity contribution < 1.29 is 14.6 Å². The van der Waals surface area contributed by atoms with Gasteiger partial charge in [0.05, 0.1) is 18.9 Å². The topological polar surface area (TPSA) is 75.6 Å². The highest BCUT2D eigenvalue weighted by Gasteiger charge is 2.24. The molecule has 2 heterocycles. The minimum absolute atomic E-state index is 0.132. The zero-order valence-electron chi connectivity index (χ0n) is 9.67. The van der Waals surface area contributed by atoms with Crippen LogP contribution in [0, 0.1) is 0 Å². The molecule has 0 amide bonds. The monoisotopic (exact) mass is 237 g/mol. The van der Waals surface area contributed by atoms with Crippen molar-refractivity contribution in [3.05, 3.63) is 17.8 Å². The van der Waals surface area contributed by atoms with Crippen LogP contribution in [0.1, 0.15) is 23.7 Å². The van der Waals surface area contributed by atoms with Crippen molar-refractivity contribution in [3.63, 3.8) is 0 Å². The van der Waals surface area contributed by atoms with Crippen LogP contribution < -0.4 is 4.90 Å². The molecule has 92 valence electrons. The minimum Gasteiger partial charge on any atom is -0.478 e. The fourth-order valence-corrected chi connectivity index (χ4v) is 1.88. The summed E-state index contributed by atoms with van der Waals surface area (Å²) in [5.74, 6) is -0.545. The number of nitrogens with zero attached hydrogens (tertiary/aromatic N) is 3. The quantitative estimate of drug-likeness (QED) is 0.837. The first-order valence-electron chi connectivity index (χ1n) is 5.64. The lowest BCUT2D eigenvalue weighted by atomic mass is 10.2. The largest absolute Gasteiger partial charge is 0.478 e. The average molecular weight is 237 g/mol. The van der Waals surface area contributed by atoms with Gasteiger partial charge < -0.3 is 14.7 Å². The van der Waals surface area contributed by atoms with E-state index in [1.54, 1.807) is 0 Å². The van der Waals surface area contributed by atoms with Gasteiger partial charge in [0.15, 0.2) is 5.82 Å². The number of ether oxygens (including phenoxy) is 1. The number of hydrogen-bond acceptors (Lipinski definition) is 5. The fraction of sp³-hybridized carbons (Fsp3) is 0.545. The van der Waals surface area contributed by atoms with E-state index in [2.05, 4.69) is 10.2 Å². The lowest BCUT2D eigenvalue weighted by molar-refractivity contribution is 0.0378. The third-order valence-corrected chi connectivity index (χ3v) is 2.83. The van der Waals surface area contributed by atoms with Crippen LogP contribution in [0.15, 0.2) is 12.3 Å². The third-order valence-electron chi connectivity index (χ3n) is 2.83. The first-order chi connectivity index (χ1) is 8.22. The summed E-state index contributed by atoms with van der Waals surface area (Å²) in [6.45, 7) is 3.95. The maximum atomic E-state index is 11.1. The second kappa shape index (κ2) is 5.09.